The van der Waals surface area contributed by atoms with Gasteiger partial charge in [0.2, 0.25) is 5.82 Å². The molecule has 0 unspecified atom stereocenters. The molecular formula is C26H38N5S+. The summed E-state index contributed by atoms with van der Waals surface area (Å²) in [6.07, 6.45) is 8.55. The molecule has 0 aliphatic heterocycles. The van der Waals surface area contributed by atoms with E-state index < -0.39 is 0 Å². The average molecular weight is 453 g/mol. The van der Waals surface area contributed by atoms with E-state index in [4.69, 9.17) is 4.98 Å². The molecule has 2 aromatic rings. The summed E-state index contributed by atoms with van der Waals surface area (Å²) >= 11 is 1.69. The number of quaternary nitrogens is 1. The van der Waals surface area contributed by atoms with E-state index >= 15 is 0 Å². The number of anilines is 2. The fourth-order valence-electron chi connectivity index (χ4n) is 3.04. The monoisotopic (exact) mass is 452 g/mol. The van der Waals surface area contributed by atoms with Gasteiger partial charge in [-0.05, 0) is 89.6 Å². The first-order valence-electron chi connectivity index (χ1n) is 11.3. The Morgan fingerprint density at radius 3 is 2.44 bits per heavy atom. The number of hydrogen-bond acceptors (Lipinski definition) is 5. The van der Waals surface area contributed by atoms with Crippen LogP contribution in [-0.2, 0) is 0 Å². The molecule has 1 aliphatic carbocycles. The quantitative estimate of drug-likeness (QED) is 0.611. The van der Waals surface area contributed by atoms with E-state index in [1.807, 2.05) is 25.3 Å². The van der Waals surface area contributed by atoms with Crippen LogP contribution in [0.15, 0.2) is 37.2 Å². The molecule has 0 aromatic carbocycles. The van der Waals surface area contributed by atoms with E-state index in [1.165, 1.54) is 22.6 Å². The first-order chi connectivity index (χ1) is 15.2. The molecule has 0 saturated heterocycles. The molecule has 172 valence electrons. The Balaban J connectivity index is 0.000000534. The molecule has 2 heterocycles. The van der Waals surface area contributed by atoms with Crippen molar-refractivity contribution < 1.29 is 4.90 Å². The molecule has 2 N–H and O–H groups in total. The van der Waals surface area contributed by atoms with Gasteiger partial charge in [0.15, 0.2) is 0 Å². The Kier molecular flexibility index (Phi) is 9.96. The summed E-state index contributed by atoms with van der Waals surface area (Å²) < 4.78 is 0. The summed E-state index contributed by atoms with van der Waals surface area (Å²) in [4.78, 5) is 15.1. The highest BCUT2D eigenvalue weighted by molar-refractivity contribution is 7.12. The van der Waals surface area contributed by atoms with Gasteiger partial charge in [-0.15, -0.1) is 11.3 Å². The van der Waals surface area contributed by atoms with Gasteiger partial charge in [-0.25, -0.2) is 9.97 Å². The van der Waals surface area contributed by atoms with Crippen LogP contribution in [0.4, 0.5) is 11.6 Å². The van der Waals surface area contributed by atoms with E-state index in [0.29, 0.717) is 5.82 Å². The molecular weight excluding hydrogens is 414 g/mol. The minimum absolute atomic E-state index is 0.262. The summed E-state index contributed by atoms with van der Waals surface area (Å²) in [5, 5.41) is 3.50. The Morgan fingerprint density at radius 1 is 1.25 bits per heavy atom. The fourth-order valence-corrected chi connectivity index (χ4v) is 3.76. The van der Waals surface area contributed by atoms with Gasteiger partial charge in [-0.2, -0.15) is 0 Å². The third kappa shape index (κ3) is 8.14. The van der Waals surface area contributed by atoms with Crippen molar-refractivity contribution in [3.8, 4) is 11.8 Å². The molecule has 32 heavy (non-hydrogen) atoms. The standard InChI is InChI=1S/C21H26N4S.C5H11N/c1-6-25(14(2)3)21-16(5)20(22-13-17-8-9-17)23-19(24-21)12-11-18-10-7-15(4)26-18;1-4-5-6(2)3/h6-7,10,14,17H,1,8-9,13H2,2-5H3,(H,22,23,24);4-5H,1-3H3/p+1. The number of allylic oxidation sites excluding steroid dienone is 1. The summed E-state index contributed by atoms with van der Waals surface area (Å²) in [7, 11) is 4.17. The van der Waals surface area contributed by atoms with Crippen LogP contribution in [0.25, 0.3) is 0 Å². The van der Waals surface area contributed by atoms with Crippen LogP contribution in [0.3, 0.4) is 0 Å². The second-order valence-electron chi connectivity index (χ2n) is 8.59. The van der Waals surface area contributed by atoms with Gasteiger partial charge in [0, 0.05) is 23.0 Å². The van der Waals surface area contributed by atoms with E-state index in [1.54, 1.807) is 11.3 Å². The molecule has 0 radical (unpaired) electrons. The molecule has 3 rings (SSSR count). The van der Waals surface area contributed by atoms with Gasteiger partial charge in [0.05, 0.1) is 25.2 Å². The first kappa shape index (κ1) is 25.6. The van der Waals surface area contributed by atoms with Crippen LogP contribution in [0, 0.1) is 31.6 Å². The summed E-state index contributed by atoms with van der Waals surface area (Å²) in [6.45, 7) is 15.3. The van der Waals surface area contributed by atoms with Gasteiger partial charge in [-0.1, -0.05) is 6.58 Å². The lowest BCUT2D eigenvalue weighted by molar-refractivity contribution is -0.801. The molecule has 5 nitrogen and oxygen atoms in total. The Hall–Kier alpha value is -2.62. The summed E-state index contributed by atoms with van der Waals surface area (Å²) in [5.74, 6) is 9.40. The van der Waals surface area contributed by atoms with Crippen molar-refractivity contribution in [2.75, 3.05) is 30.9 Å². The second-order valence-corrected chi connectivity index (χ2v) is 9.88. The third-order valence-corrected chi connectivity index (χ3v) is 5.83. The van der Waals surface area contributed by atoms with Gasteiger partial charge >= 0.3 is 0 Å². The normalized spacial score (nSPS) is 12.9. The lowest BCUT2D eigenvalue weighted by atomic mass is 10.2. The maximum atomic E-state index is 4.72. The van der Waals surface area contributed by atoms with Gasteiger partial charge in [0.1, 0.15) is 11.6 Å². The fraction of sp³-hybridized carbons (Fsp3) is 0.462. The zero-order valence-corrected chi connectivity index (χ0v) is 21.4. The molecule has 2 aromatic heterocycles. The van der Waals surface area contributed by atoms with Crippen molar-refractivity contribution in [1.82, 2.24) is 9.97 Å². The maximum absolute atomic E-state index is 4.72. The Morgan fingerprint density at radius 2 is 1.97 bits per heavy atom. The van der Waals surface area contributed by atoms with Crippen molar-refractivity contribution in [2.24, 2.45) is 5.92 Å². The smallest absolute Gasteiger partial charge is 0.209 e. The number of thiophene rings is 1. The highest BCUT2D eigenvalue weighted by Crippen LogP contribution is 2.30. The van der Waals surface area contributed by atoms with Gasteiger partial charge < -0.3 is 15.1 Å². The number of rotatable bonds is 7. The van der Waals surface area contributed by atoms with Gasteiger partial charge in [-0.3, -0.25) is 0 Å². The van der Waals surface area contributed by atoms with Crippen molar-refractivity contribution in [3.05, 3.63) is 58.3 Å². The molecule has 1 aliphatic rings. The predicted molar refractivity (Wildman–Crippen MR) is 138 cm³/mol. The molecule has 0 spiro atoms. The van der Waals surface area contributed by atoms with Gasteiger partial charge in [0.25, 0.3) is 0 Å². The molecule has 0 bridgehead atoms. The lowest BCUT2D eigenvalue weighted by Gasteiger charge is -2.26. The van der Waals surface area contributed by atoms with Crippen molar-refractivity contribution in [1.29, 1.82) is 0 Å². The minimum Gasteiger partial charge on any atom is -0.369 e. The summed E-state index contributed by atoms with van der Waals surface area (Å²) in [6, 6.07) is 4.38. The third-order valence-electron chi connectivity index (χ3n) is 4.91. The van der Waals surface area contributed by atoms with Crippen molar-refractivity contribution in [2.45, 2.75) is 53.5 Å². The van der Waals surface area contributed by atoms with Crippen LogP contribution in [0.5, 0.6) is 0 Å². The topological polar surface area (TPSA) is 45.5 Å². The van der Waals surface area contributed by atoms with E-state index in [-0.39, 0.29) is 6.04 Å². The van der Waals surface area contributed by atoms with E-state index in [2.05, 4.69) is 87.7 Å². The minimum atomic E-state index is 0.262. The highest BCUT2D eigenvalue weighted by atomic mass is 32.1. The first-order valence-corrected chi connectivity index (χ1v) is 12.1. The number of aryl methyl sites for hydroxylation is 1. The van der Waals surface area contributed by atoms with E-state index in [0.717, 1.165) is 34.5 Å². The zero-order chi connectivity index (χ0) is 23.7. The molecule has 0 amide bonds. The predicted octanol–water partition coefficient (Wildman–Crippen LogP) is 4.40. The SMILES string of the molecule is C=CN(c1nc(C#Cc2ccc(C)s2)nc(NCC2CC2)c1C)C(C)C.CC=C[NH+](C)C. The number of aromatic nitrogens is 2. The van der Waals surface area contributed by atoms with E-state index in [9.17, 15) is 0 Å². The van der Waals surface area contributed by atoms with Crippen LogP contribution >= 0.6 is 11.3 Å². The second kappa shape index (κ2) is 12.4. The molecule has 6 heteroatoms. The zero-order valence-electron chi connectivity index (χ0n) is 20.6. The highest BCUT2D eigenvalue weighted by Gasteiger charge is 2.22. The number of hydrogen-bond donors (Lipinski definition) is 2. The van der Waals surface area contributed by atoms with Crippen LogP contribution in [-0.4, -0.2) is 36.6 Å². The lowest BCUT2D eigenvalue weighted by Crippen LogP contribution is -3.00. The molecule has 0 atom stereocenters. The van der Waals surface area contributed by atoms with Crippen molar-refractivity contribution in [3.63, 3.8) is 0 Å². The number of nitrogens with one attached hydrogen (secondary N) is 2. The van der Waals surface area contributed by atoms with Crippen LogP contribution in [0.2, 0.25) is 0 Å². The average Bonchev–Trinajstić information content (AvgIpc) is 3.47. The molecule has 1 saturated carbocycles. The molecule has 1 fully saturated rings. The van der Waals surface area contributed by atoms with Crippen LogP contribution < -0.4 is 15.1 Å². The largest absolute Gasteiger partial charge is 0.369 e. The summed E-state index contributed by atoms with van der Waals surface area (Å²) in [5.41, 5.74) is 1.04. The Labute approximate surface area is 198 Å². The van der Waals surface area contributed by atoms with Crippen molar-refractivity contribution >= 4 is 23.0 Å². The van der Waals surface area contributed by atoms with Crippen LogP contribution in [0.1, 0.15) is 54.8 Å². The number of nitrogens with zero attached hydrogens (tertiary/aromatic N) is 3. The maximum Gasteiger partial charge on any atom is 0.209 e. The Bertz CT molecular complexity index is 974.